The Bertz CT molecular complexity index is 1480. The van der Waals surface area contributed by atoms with Gasteiger partial charge in [0.15, 0.2) is 5.54 Å². The van der Waals surface area contributed by atoms with Gasteiger partial charge in [0.1, 0.15) is 18.4 Å². The van der Waals surface area contributed by atoms with Gasteiger partial charge in [-0.15, -0.1) is 24.8 Å². The molecule has 45 heavy (non-hydrogen) atoms. The Balaban J connectivity index is 0.00000230. The lowest BCUT2D eigenvalue weighted by molar-refractivity contribution is -0.900. The minimum Gasteiger partial charge on any atom is -0.384 e. The number of nitrogens with zero attached hydrogens (tertiary/aromatic N) is 2. The monoisotopic (exact) mass is 652 g/mol. The quantitative estimate of drug-likeness (QED) is 0.217. The molecule has 2 aliphatic carbocycles. The number of aromatic nitrogens is 1. The van der Waals surface area contributed by atoms with Crippen molar-refractivity contribution < 1.29 is 14.1 Å². The number of hydrogen-bond donors (Lipinski definition) is 3. The van der Waals surface area contributed by atoms with Crippen LogP contribution in [0.1, 0.15) is 74.6 Å². The fraction of sp³-hybridized carbons (Fsp3) is 0.472. The van der Waals surface area contributed by atoms with Gasteiger partial charge in [-0.2, -0.15) is 0 Å². The topological polar surface area (TPSA) is 111 Å². The third-order valence-corrected chi connectivity index (χ3v) is 10.7. The number of nitrogen functional groups attached to an aromatic ring is 1. The number of likely N-dealkylation sites (tertiary alicyclic amines) is 1. The van der Waals surface area contributed by atoms with Gasteiger partial charge in [-0.3, -0.25) is 10.1 Å². The summed E-state index contributed by atoms with van der Waals surface area (Å²) in [7, 11) is 0. The number of fused-ring (bicyclic) bond motifs is 1. The molecule has 3 fully saturated rings. The zero-order valence-corrected chi connectivity index (χ0v) is 27.9. The highest BCUT2D eigenvalue weighted by Crippen LogP contribution is 2.59. The van der Waals surface area contributed by atoms with Gasteiger partial charge >= 0.3 is 5.91 Å². The second-order valence-electron chi connectivity index (χ2n) is 13.2. The molecule has 0 spiro atoms. The van der Waals surface area contributed by atoms with E-state index in [4.69, 9.17) is 11.5 Å². The van der Waals surface area contributed by atoms with Crippen molar-refractivity contribution in [3.05, 3.63) is 83.6 Å². The minimum atomic E-state index is -0.850. The second kappa shape index (κ2) is 14.6. The third-order valence-electron chi connectivity index (χ3n) is 10.7. The highest BCUT2D eigenvalue weighted by atomic mass is 35.5. The lowest BCUT2D eigenvalue weighted by Gasteiger charge is -2.47. The Labute approximate surface area is 280 Å². The molecule has 1 aromatic heterocycles. The van der Waals surface area contributed by atoms with E-state index in [0.717, 1.165) is 54.5 Å². The highest BCUT2D eigenvalue weighted by Gasteiger charge is 2.76. The van der Waals surface area contributed by atoms with Crippen molar-refractivity contribution in [1.29, 1.82) is 0 Å². The van der Waals surface area contributed by atoms with Crippen LogP contribution in [0, 0.1) is 18.8 Å². The Morgan fingerprint density at radius 2 is 1.64 bits per heavy atom. The van der Waals surface area contributed by atoms with Crippen molar-refractivity contribution in [2.45, 2.75) is 89.4 Å². The van der Waals surface area contributed by atoms with E-state index in [1.54, 1.807) is 6.07 Å². The number of halogens is 2. The zero-order valence-electron chi connectivity index (χ0n) is 26.3. The molecular weight excluding hydrogens is 605 g/mol. The molecule has 0 radical (unpaired) electrons. The van der Waals surface area contributed by atoms with E-state index < -0.39 is 5.54 Å². The Hall–Kier alpha value is -2.97. The van der Waals surface area contributed by atoms with Crippen molar-refractivity contribution in [2.75, 3.05) is 12.3 Å². The minimum absolute atomic E-state index is 0. The summed E-state index contributed by atoms with van der Waals surface area (Å²) in [5.41, 5.74) is 16.6. The summed E-state index contributed by atoms with van der Waals surface area (Å²) in [6.07, 6.45) is 9.31. The van der Waals surface area contributed by atoms with Crippen molar-refractivity contribution in [3.8, 4) is 11.1 Å². The Morgan fingerprint density at radius 3 is 2.36 bits per heavy atom. The molecule has 2 saturated carbocycles. The van der Waals surface area contributed by atoms with E-state index in [1.165, 1.54) is 24.8 Å². The lowest BCUT2D eigenvalue weighted by atomic mass is 9.83. The van der Waals surface area contributed by atoms with E-state index in [-0.39, 0.29) is 53.1 Å². The lowest BCUT2D eigenvalue weighted by Crippen LogP contribution is -2.71. The largest absolute Gasteiger partial charge is 0.384 e. The average molecular weight is 654 g/mol. The molecular formula is C36H48Cl2N5O2+. The van der Waals surface area contributed by atoms with Crippen LogP contribution in [0.3, 0.4) is 0 Å². The summed E-state index contributed by atoms with van der Waals surface area (Å²) < 4.78 is 0.0875. The van der Waals surface area contributed by atoms with Crippen LogP contribution < -0.4 is 16.8 Å². The number of carbonyl (C=O) groups is 2. The van der Waals surface area contributed by atoms with Gasteiger partial charge in [0, 0.05) is 30.1 Å². The number of piperidine rings is 1. The first-order valence-electron chi connectivity index (χ1n) is 16.1. The fourth-order valence-electron chi connectivity index (χ4n) is 8.31. The fourth-order valence-corrected chi connectivity index (χ4v) is 8.31. The number of quaternary nitrogens is 1. The summed E-state index contributed by atoms with van der Waals surface area (Å²) in [5.74, 6) is 0.876. The number of carbonyl (C=O) groups excluding carboxylic acids is 2. The summed E-state index contributed by atoms with van der Waals surface area (Å²) in [4.78, 5) is 33.1. The number of aryl methyl sites for hydroxylation is 1. The molecule has 3 aliphatic rings. The van der Waals surface area contributed by atoms with Crippen molar-refractivity contribution >= 4 is 42.4 Å². The van der Waals surface area contributed by atoms with Crippen LogP contribution in [0.2, 0.25) is 0 Å². The molecule has 3 aromatic rings. The molecule has 242 valence electrons. The molecule has 2 heterocycles. The van der Waals surface area contributed by atoms with Gasteiger partial charge in [-0.25, -0.2) is 14.3 Å². The normalized spacial score (nSPS) is 24.8. The summed E-state index contributed by atoms with van der Waals surface area (Å²) >= 11 is 0. The molecule has 1 saturated heterocycles. The van der Waals surface area contributed by atoms with Crippen LogP contribution >= 0.6 is 24.8 Å². The van der Waals surface area contributed by atoms with E-state index in [1.807, 2.05) is 19.1 Å². The smallest absolute Gasteiger partial charge is 0.331 e. The first-order valence-corrected chi connectivity index (χ1v) is 16.1. The number of primary amides is 1. The molecule has 2 aromatic carbocycles. The maximum Gasteiger partial charge on any atom is 0.331 e. The standard InChI is InChI=1S/C36H45N5O2.2ClH/c1-25-29(18-19-33(37)40-25)24-41(20-10-16-30-22-36(30,41)35(38)43)34(42)32(21-26-11-4-2-5-12-26)39-23-28-15-8-9-17-31(28)27-13-6-3-7-14-27;;/h3,6-9,13-15,17-19,26,30,32,39H,2,4-5,10-12,16,20-24H2,1H3,(H3-,37,38,40,43);2*1H/p+1/t30-,32-,36+,41?;;/m1../s1. The van der Waals surface area contributed by atoms with Crippen molar-refractivity contribution in [1.82, 2.24) is 10.3 Å². The summed E-state index contributed by atoms with van der Waals surface area (Å²) in [6, 6.07) is 22.2. The van der Waals surface area contributed by atoms with Gasteiger partial charge in [0.25, 0.3) is 5.91 Å². The molecule has 0 bridgehead atoms. The number of pyridine rings is 1. The number of benzene rings is 2. The van der Waals surface area contributed by atoms with E-state index in [2.05, 4.69) is 58.8 Å². The second-order valence-corrected chi connectivity index (χ2v) is 13.2. The van der Waals surface area contributed by atoms with Crippen LogP contribution in [-0.2, 0) is 22.7 Å². The summed E-state index contributed by atoms with van der Waals surface area (Å²) in [5, 5.41) is 3.77. The third kappa shape index (κ3) is 6.78. The number of nitrogens with two attached hydrogens (primary N) is 2. The van der Waals surface area contributed by atoms with Crippen molar-refractivity contribution in [2.24, 2.45) is 17.6 Å². The molecule has 6 rings (SSSR count). The van der Waals surface area contributed by atoms with E-state index in [0.29, 0.717) is 37.8 Å². The number of amides is 2. The SMILES string of the molecule is Cc1nc(N)ccc1C[N+]1(C(=O)[C@@H](CC2CCCCC2)NCc2ccccc2-c2ccccc2)CCC[C@@H]2C[C@@]21C(N)=O.Cl.Cl. The molecule has 7 nitrogen and oxygen atoms in total. The van der Waals surface area contributed by atoms with Crippen LogP contribution in [0.4, 0.5) is 5.82 Å². The van der Waals surface area contributed by atoms with Gasteiger partial charge < -0.3 is 11.5 Å². The first kappa shape index (κ1) is 34.9. The van der Waals surface area contributed by atoms with Crippen LogP contribution in [-0.4, -0.2) is 39.4 Å². The maximum atomic E-state index is 15.3. The van der Waals surface area contributed by atoms with Gasteiger partial charge in [0.05, 0.1) is 6.54 Å². The number of hydrogen-bond acceptors (Lipinski definition) is 5. The average Bonchev–Trinajstić information content (AvgIpc) is 3.79. The number of rotatable bonds is 10. The molecule has 1 unspecified atom stereocenters. The van der Waals surface area contributed by atoms with E-state index >= 15 is 4.79 Å². The predicted octanol–water partition coefficient (Wildman–Crippen LogP) is 6.49. The van der Waals surface area contributed by atoms with E-state index in [9.17, 15) is 4.79 Å². The number of anilines is 1. The molecule has 4 atom stereocenters. The van der Waals surface area contributed by atoms with Crippen molar-refractivity contribution in [3.63, 3.8) is 0 Å². The molecule has 5 N–H and O–H groups in total. The number of nitrogens with one attached hydrogen (secondary N) is 1. The molecule has 1 aliphatic heterocycles. The Kier molecular flexibility index (Phi) is 11.3. The first-order chi connectivity index (χ1) is 20.8. The molecule has 2 amide bonds. The van der Waals surface area contributed by atoms with Gasteiger partial charge in [-0.1, -0.05) is 86.7 Å². The van der Waals surface area contributed by atoms with Gasteiger partial charge in [0.2, 0.25) is 0 Å². The Morgan fingerprint density at radius 1 is 0.933 bits per heavy atom. The maximum absolute atomic E-state index is 15.3. The predicted molar refractivity (Wildman–Crippen MR) is 185 cm³/mol. The molecule has 9 heteroatoms. The van der Waals surface area contributed by atoms with Crippen LogP contribution in [0.15, 0.2) is 66.7 Å². The van der Waals surface area contributed by atoms with Crippen LogP contribution in [0.25, 0.3) is 11.1 Å². The zero-order chi connectivity index (χ0) is 30.0. The van der Waals surface area contributed by atoms with Gasteiger partial charge in [-0.05, 0) is 60.9 Å². The highest BCUT2D eigenvalue weighted by molar-refractivity contribution is 5.91. The van der Waals surface area contributed by atoms with Crippen LogP contribution in [0.5, 0.6) is 0 Å². The summed E-state index contributed by atoms with van der Waals surface area (Å²) in [6.45, 7) is 3.55.